The van der Waals surface area contributed by atoms with Crippen molar-refractivity contribution in [2.24, 2.45) is 0 Å². The first-order valence-electron chi connectivity index (χ1n) is 8.19. The van der Waals surface area contributed by atoms with Crippen LogP contribution in [0.5, 0.6) is 0 Å². The third-order valence-electron chi connectivity index (χ3n) is 3.84. The largest absolute Gasteiger partial charge is 0.345 e. The standard InChI is InChI=1S/C19H11ClN4O6S2/c20-15-5-3-12(18(7-15)31(25,26)27)1-2-13-4-6-16(8-19(13)32(28,29)30)24-17(11-23)14(9-21)10-22/h1-8,24H,(H,25,26,27)(H,28,29,30). The van der Waals surface area contributed by atoms with Crippen LogP contribution in [0.1, 0.15) is 11.1 Å². The fourth-order valence-electron chi connectivity index (χ4n) is 2.45. The van der Waals surface area contributed by atoms with Crippen LogP contribution in [-0.2, 0) is 20.2 Å². The van der Waals surface area contributed by atoms with Crippen LogP contribution in [-0.4, -0.2) is 25.9 Å². The summed E-state index contributed by atoms with van der Waals surface area (Å²) in [6.45, 7) is 0. The molecule has 0 aliphatic heterocycles. The van der Waals surface area contributed by atoms with Crippen LogP contribution in [0, 0.1) is 34.0 Å². The van der Waals surface area contributed by atoms with Crippen LogP contribution in [0.25, 0.3) is 12.2 Å². The molecule has 162 valence electrons. The average molecular weight is 491 g/mol. The van der Waals surface area contributed by atoms with Crippen LogP contribution in [0.15, 0.2) is 57.5 Å². The van der Waals surface area contributed by atoms with Crippen molar-refractivity contribution in [2.75, 3.05) is 5.32 Å². The van der Waals surface area contributed by atoms with Gasteiger partial charge in [-0.1, -0.05) is 35.9 Å². The molecule has 13 heteroatoms. The monoisotopic (exact) mass is 490 g/mol. The molecule has 2 rings (SSSR count). The number of halogens is 1. The molecule has 3 N–H and O–H groups in total. The number of hydrogen-bond donors (Lipinski definition) is 3. The van der Waals surface area contributed by atoms with E-state index in [0.29, 0.717) is 0 Å². The number of allylic oxidation sites excluding steroid dienone is 2. The van der Waals surface area contributed by atoms with Gasteiger partial charge in [-0.2, -0.15) is 32.6 Å². The quantitative estimate of drug-likeness (QED) is 0.307. The zero-order valence-corrected chi connectivity index (χ0v) is 18.1. The summed E-state index contributed by atoms with van der Waals surface area (Å²) in [5.41, 5.74) is -1.08. The minimum absolute atomic E-state index is 0.0113. The smallest absolute Gasteiger partial charge is 0.295 e. The van der Waals surface area contributed by atoms with Crippen molar-refractivity contribution in [1.82, 2.24) is 0 Å². The average Bonchev–Trinajstić information content (AvgIpc) is 2.72. The molecule has 0 atom stereocenters. The van der Waals surface area contributed by atoms with Gasteiger partial charge in [0, 0.05) is 10.7 Å². The lowest BCUT2D eigenvalue weighted by Crippen LogP contribution is -2.05. The first kappa shape index (κ1) is 24.6. The van der Waals surface area contributed by atoms with Gasteiger partial charge in [0.25, 0.3) is 20.2 Å². The Kier molecular flexibility index (Phi) is 7.39. The van der Waals surface area contributed by atoms with Crippen molar-refractivity contribution < 1.29 is 25.9 Å². The Morgan fingerprint density at radius 2 is 1.34 bits per heavy atom. The molecule has 0 unspecified atom stereocenters. The van der Waals surface area contributed by atoms with Crippen LogP contribution < -0.4 is 5.32 Å². The molecule has 0 aromatic heterocycles. The summed E-state index contributed by atoms with van der Waals surface area (Å²) in [4.78, 5) is -1.13. The first-order valence-corrected chi connectivity index (χ1v) is 11.4. The molecule has 0 aliphatic carbocycles. The van der Waals surface area contributed by atoms with Gasteiger partial charge in [0.05, 0.1) is 0 Å². The Labute approximate surface area is 188 Å². The zero-order valence-electron chi connectivity index (χ0n) is 15.7. The van der Waals surface area contributed by atoms with Gasteiger partial charge in [-0.05, 0) is 35.4 Å². The number of nitrogens with zero attached hydrogens (tertiary/aromatic N) is 3. The lowest BCUT2D eigenvalue weighted by atomic mass is 10.1. The molecule has 0 saturated carbocycles. The SMILES string of the molecule is N#CC(C#N)=C(C#N)Nc1ccc(C=Cc2ccc(Cl)cc2S(=O)(=O)O)c(S(=O)(=O)O)c1. The highest BCUT2D eigenvalue weighted by Crippen LogP contribution is 2.26. The van der Waals surface area contributed by atoms with E-state index in [1.165, 1.54) is 48.6 Å². The minimum Gasteiger partial charge on any atom is -0.345 e. The van der Waals surface area contributed by atoms with E-state index in [0.717, 1.165) is 12.1 Å². The highest BCUT2D eigenvalue weighted by molar-refractivity contribution is 7.86. The van der Waals surface area contributed by atoms with Crippen LogP contribution in [0.2, 0.25) is 5.02 Å². The van der Waals surface area contributed by atoms with E-state index in [1.807, 2.05) is 0 Å². The van der Waals surface area contributed by atoms with Gasteiger partial charge < -0.3 is 5.32 Å². The molecule has 2 aromatic carbocycles. The summed E-state index contributed by atoms with van der Waals surface area (Å²) in [5.74, 6) is 0. The van der Waals surface area contributed by atoms with E-state index < -0.39 is 41.3 Å². The Balaban J connectivity index is 2.59. The fraction of sp³-hybridized carbons (Fsp3) is 0. The summed E-state index contributed by atoms with van der Waals surface area (Å²) in [5, 5.41) is 29.3. The number of anilines is 1. The molecular formula is C19H11ClN4O6S2. The predicted molar refractivity (Wildman–Crippen MR) is 114 cm³/mol. The molecule has 0 radical (unpaired) electrons. The van der Waals surface area contributed by atoms with Crippen molar-refractivity contribution in [2.45, 2.75) is 9.79 Å². The second-order valence-corrected chi connectivity index (χ2v) is 9.14. The first-order chi connectivity index (χ1) is 14.9. The number of benzene rings is 2. The third-order valence-corrected chi connectivity index (χ3v) is 5.90. The van der Waals surface area contributed by atoms with Gasteiger partial charge in [0.15, 0.2) is 5.57 Å². The molecule has 2 aromatic rings. The van der Waals surface area contributed by atoms with Crippen molar-refractivity contribution in [3.63, 3.8) is 0 Å². The zero-order chi connectivity index (χ0) is 24.1. The second-order valence-electron chi connectivity index (χ2n) is 5.93. The molecule has 0 fully saturated rings. The molecule has 0 saturated heterocycles. The maximum atomic E-state index is 11.8. The summed E-state index contributed by atoms with van der Waals surface area (Å²) < 4.78 is 65.8. The number of nitriles is 3. The van der Waals surface area contributed by atoms with Gasteiger partial charge in [0.1, 0.15) is 33.7 Å². The van der Waals surface area contributed by atoms with E-state index in [-0.39, 0.29) is 21.8 Å². The second kappa shape index (κ2) is 9.62. The summed E-state index contributed by atoms with van der Waals surface area (Å²) in [7, 11) is -9.43. The van der Waals surface area contributed by atoms with E-state index in [1.54, 1.807) is 6.07 Å². The van der Waals surface area contributed by atoms with Crippen LogP contribution in [0.4, 0.5) is 5.69 Å². The maximum Gasteiger partial charge on any atom is 0.295 e. The Morgan fingerprint density at radius 1 is 0.844 bits per heavy atom. The molecule has 32 heavy (non-hydrogen) atoms. The summed E-state index contributed by atoms with van der Waals surface area (Å²) >= 11 is 5.75. The maximum absolute atomic E-state index is 11.8. The van der Waals surface area contributed by atoms with Gasteiger partial charge in [-0.25, -0.2) is 0 Å². The Bertz CT molecular complexity index is 1480. The fourth-order valence-corrected chi connectivity index (χ4v) is 4.11. The van der Waals surface area contributed by atoms with Crippen molar-refractivity contribution in [1.29, 1.82) is 15.8 Å². The van der Waals surface area contributed by atoms with E-state index >= 15 is 0 Å². The lowest BCUT2D eigenvalue weighted by molar-refractivity contribution is 0.480. The highest BCUT2D eigenvalue weighted by Gasteiger charge is 2.18. The van der Waals surface area contributed by atoms with Crippen LogP contribution in [0.3, 0.4) is 0 Å². The summed E-state index contributed by atoms with van der Waals surface area (Å²) in [6, 6.07) is 11.7. The van der Waals surface area contributed by atoms with Crippen molar-refractivity contribution >= 4 is 49.7 Å². The van der Waals surface area contributed by atoms with E-state index in [4.69, 9.17) is 27.4 Å². The molecule has 0 amide bonds. The number of hydrogen-bond acceptors (Lipinski definition) is 8. The highest BCUT2D eigenvalue weighted by atomic mass is 35.5. The number of nitrogens with one attached hydrogen (secondary N) is 1. The van der Waals surface area contributed by atoms with Gasteiger partial charge in [-0.15, -0.1) is 0 Å². The molecular weight excluding hydrogens is 480 g/mol. The molecule has 0 bridgehead atoms. The van der Waals surface area contributed by atoms with Gasteiger partial charge in [-0.3, -0.25) is 9.11 Å². The Hall–Kier alpha value is -3.70. The topological polar surface area (TPSA) is 192 Å². The van der Waals surface area contributed by atoms with Crippen LogP contribution >= 0.6 is 11.6 Å². The van der Waals surface area contributed by atoms with Crippen molar-refractivity contribution in [3.05, 3.63) is 63.8 Å². The van der Waals surface area contributed by atoms with E-state index in [2.05, 4.69) is 5.32 Å². The molecule has 0 heterocycles. The third kappa shape index (κ3) is 5.93. The van der Waals surface area contributed by atoms with Gasteiger partial charge in [0.2, 0.25) is 0 Å². The van der Waals surface area contributed by atoms with E-state index in [9.17, 15) is 25.9 Å². The molecule has 0 aliphatic rings. The minimum atomic E-state index is -4.79. The normalized spacial score (nSPS) is 11.2. The molecule has 0 spiro atoms. The predicted octanol–water partition coefficient (Wildman–Crippen LogP) is 3.24. The van der Waals surface area contributed by atoms with Gasteiger partial charge >= 0.3 is 0 Å². The Morgan fingerprint density at radius 3 is 1.81 bits per heavy atom. The lowest BCUT2D eigenvalue weighted by Gasteiger charge is -2.09. The van der Waals surface area contributed by atoms with Crippen molar-refractivity contribution in [3.8, 4) is 18.2 Å². The summed E-state index contributed by atoms with van der Waals surface area (Å²) in [6.07, 6.45) is 2.35. The molecule has 10 nitrogen and oxygen atoms in total. The number of rotatable bonds is 6.